The van der Waals surface area contributed by atoms with Gasteiger partial charge in [-0.1, -0.05) is 11.3 Å². The van der Waals surface area contributed by atoms with Gasteiger partial charge in [0, 0.05) is 14.8 Å². The van der Waals surface area contributed by atoms with E-state index in [0.29, 0.717) is 15.8 Å². The molecule has 0 saturated heterocycles. The third-order valence-corrected chi connectivity index (χ3v) is 4.57. The summed E-state index contributed by atoms with van der Waals surface area (Å²) < 4.78 is 14.8. The van der Waals surface area contributed by atoms with E-state index in [-0.39, 0.29) is 5.82 Å². The number of nitrogens with zero attached hydrogens (tertiary/aromatic N) is 2. The Bertz CT molecular complexity index is 834. The Morgan fingerprint density at radius 3 is 2.64 bits per heavy atom. The van der Waals surface area contributed by atoms with E-state index in [1.165, 1.54) is 23.5 Å². The van der Waals surface area contributed by atoms with Crippen molar-refractivity contribution in [1.82, 2.24) is 10.2 Å². The summed E-state index contributed by atoms with van der Waals surface area (Å²) in [6.45, 7) is 2.01. The molecule has 0 radical (unpaired) electrons. The average Bonchev–Trinajstić information content (AvgIpc) is 2.88. The fourth-order valence-electron chi connectivity index (χ4n) is 2.06. The van der Waals surface area contributed by atoms with E-state index in [9.17, 15) is 4.39 Å². The molecule has 0 aliphatic heterocycles. The molecule has 112 valence electrons. The minimum absolute atomic E-state index is 0.313. The van der Waals surface area contributed by atoms with Crippen molar-refractivity contribution in [3.05, 3.63) is 51.3 Å². The zero-order chi connectivity index (χ0) is 15.7. The highest BCUT2D eigenvalue weighted by molar-refractivity contribution is 14.1. The van der Waals surface area contributed by atoms with Crippen molar-refractivity contribution in [2.45, 2.75) is 6.92 Å². The number of hydrogen-bond acceptors (Lipinski definition) is 5. The van der Waals surface area contributed by atoms with Crippen LogP contribution in [-0.4, -0.2) is 10.2 Å². The Kier molecular flexibility index (Phi) is 4.25. The molecule has 1 aromatic heterocycles. The second-order valence-corrected chi connectivity index (χ2v) is 6.97. The Hall–Kier alpha value is -1.74. The molecule has 22 heavy (non-hydrogen) atoms. The smallest absolute Gasteiger partial charge is 0.203 e. The molecule has 0 spiro atoms. The molecule has 1 heterocycles. The number of anilines is 3. The highest BCUT2D eigenvalue weighted by Crippen LogP contribution is 2.34. The third kappa shape index (κ3) is 3.20. The lowest BCUT2D eigenvalue weighted by atomic mass is 10.1. The van der Waals surface area contributed by atoms with Gasteiger partial charge in [-0.15, -0.1) is 10.2 Å². The minimum Gasteiger partial charge on any atom is -0.374 e. The molecule has 0 aliphatic rings. The molecule has 3 aromatic rings. The summed E-state index contributed by atoms with van der Waals surface area (Å²) in [7, 11) is 0. The van der Waals surface area contributed by atoms with Gasteiger partial charge in [-0.3, -0.25) is 0 Å². The molecule has 3 rings (SSSR count). The maximum absolute atomic E-state index is 13.6. The summed E-state index contributed by atoms with van der Waals surface area (Å²) in [5.74, 6) is -0.313. The number of aryl methyl sites for hydroxylation is 1. The predicted molar refractivity (Wildman–Crippen MR) is 96.9 cm³/mol. The van der Waals surface area contributed by atoms with E-state index in [1.54, 1.807) is 6.07 Å². The number of aromatic nitrogens is 2. The van der Waals surface area contributed by atoms with Crippen LogP contribution in [0.4, 0.5) is 20.9 Å². The van der Waals surface area contributed by atoms with Crippen molar-refractivity contribution < 1.29 is 4.39 Å². The molecule has 0 saturated carbocycles. The zero-order valence-corrected chi connectivity index (χ0v) is 14.6. The largest absolute Gasteiger partial charge is 0.374 e. The Morgan fingerprint density at radius 1 is 1.14 bits per heavy atom. The van der Waals surface area contributed by atoms with Crippen LogP contribution in [0.5, 0.6) is 0 Å². The van der Waals surface area contributed by atoms with Gasteiger partial charge in [0.25, 0.3) is 0 Å². The van der Waals surface area contributed by atoms with Crippen molar-refractivity contribution >= 4 is 50.4 Å². The SMILES string of the molecule is Cc1cc(I)ccc1Nc1cc(F)ccc1-c1nnc(N)s1. The van der Waals surface area contributed by atoms with Crippen LogP contribution in [-0.2, 0) is 0 Å². The summed E-state index contributed by atoms with van der Waals surface area (Å²) in [4.78, 5) is 0. The first-order valence-electron chi connectivity index (χ1n) is 6.45. The molecule has 0 aliphatic carbocycles. The first-order chi connectivity index (χ1) is 10.5. The van der Waals surface area contributed by atoms with Gasteiger partial charge in [0.2, 0.25) is 5.13 Å². The van der Waals surface area contributed by atoms with Crippen molar-refractivity contribution in [2.75, 3.05) is 11.1 Å². The first-order valence-corrected chi connectivity index (χ1v) is 8.34. The van der Waals surface area contributed by atoms with Gasteiger partial charge in [0.1, 0.15) is 5.82 Å². The van der Waals surface area contributed by atoms with Crippen molar-refractivity contribution in [2.24, 2.45) is 0 Å². The zero-order valence-electron chi connectivity index (χ0n) is 11.6. The quantitative estimate of drug-likeness (QED) is 0.602. The van der Waals surface area contributed by atoms with Gasteiger partial charge < -0.3 is 11.1 Å². The lowest BCUT2D eigenvalue weighted by molar-refractivity contribution is 0.628. The van der Waals surface area contributed by atoms with E-state index in [4.69, 9.17) is 5.73 Å². The van der Waals surface area contributed by atoms with Crippen LogP contribution in [0.1, 0.15) is 5.56 Å². The number of hydrogen-bond donors (Lipinski definition) is 2. The summed E-state index contributed by atoms with van der Waals surface area (Å²) in [5, 5.41) is 12.2. The summed E-state index contributed by atoms with van der Waals surface area (Å²) >= 11 is 3.53. The molecular weight excluding hydrogens is 414 g/mol. The molecule has 3 N–H and O–H groups in total. The van der Waals surface area contributed by atoms with Gasteiger partial charge in [-0.2, -0.15) is 0 Å². The number of nitrogens with one attached hydrogen (secondary N) is 1. The summed E-state index contributed by atoms with van der Waals surface area (Å²) in [5.41, 5.74) is 9.05. The highest BCUT2D eigenvalue weighted by atomic mass is 127. The van der Waals surface area contributed by atoms with Crippen molar-refractivity contribution in [1.29, 1.82) is 0 Å². The third-order valence-electron chi connectivity index (χ3n) is 3.11. The predicted octanol–water partition coefficient (Wildman–Crippen LogP) is 4.58. The van der Waals surface area contributed by atoms with Crippen LogP contribution < -0.4 is 11.1 Å². The fraction of sp³-hybridized carbons (Fsp3) is 0.0667. The average molecular weight is 426 g/mol. The first kappa shape index (κ1) is 15.2. The number of rotatable bonds is 3. The topological polar surface area (TPSA) is 63.8 Å². The lowest BCUT2D eigenvalue weighted by Gasteiger charge is -2.13. The van der Waals surface area contributed by atoms with E-state index < -0.39 is 0 Å². The van der Waals surface area contributed by atoms with Gasteiger partial charge in [-0.25, -0.2) is 4.39 Å². The Balaban J connectivity index is 2.04. The van der Waals surface area contributed by atoms with E-state index >= 15 is 0 Å². The van der Waals surface area contributed by atoms with Gasteiger partial charge in [0.05, 0.1) is 5.69 Å². The van der Waals surface area contributed by atoms with Crippen LogP contribution in [0.15, 0.2) is 36.4 Å². The summed E-state index contributed by atoms with van der Waals surface area (Å²) in [6.07, 6.45) is 0. The van der Waals surface area contributed by atoms with Gasteiger partial charge >= 0.3 is 0 Å². The molecule has 7 heteroatoms. The van der Waals surface area contributed by atoms with Crippen LogP contribution in [0.2, 0.25) is 0 Å². The van der Waals surface area contributed by atoms with Crippen LogP contribution in [0, 0.1) is 16.3 Å². The number of benzene rings is 2. The molecule has 0 atom stereocenters. The van der Waals surface area contributed by atoms with Gasteiger partial charge in [-0.05, 0) is 71.5 Å². The highest BCUT2D eigenvalue weighted by Gasteiger charge is 2.12. The number of nitrogens with two attached hydrogens (primary N) is 1. The molecule has 4 nitrogen and oxygen atoms in total. The fourth-order valence-corrected chi connectivity index (χ4v) is 3.36. The normalized spacial score (nSPS) is 10.7. The molecule has 0 fully saturated rings. The molecule has 0 unspecified atom stereocenters. The van der Waals surface area contributed by atoms with E-state index in [2.05, 4.69) is 44.2 Å². The standard InChI is InChI=1S/C15H12FIN4S/c1-8-6-10(17)3-5-12(8)19-13-7-9(16)2-4-11(13)14-20-21-15(18)22-14/h2-7,19H,1H3,(H2,18,21). The van der Waals surface area contributed by atoms with E-state index in [1.807, 2.05) is 19.1 Å². The molecular formula is C15H12FIN4S. The van der Waals surface area contributed by atoms with Crippen LogP contribution in [0.3, 0.4) is 0 Å². The Morgan fingerprint density at radius 2 is 1.95 bits per heavy atom. The second kappa shape index (κ2) is 6.17. The van der Waals surface area contributed by atoms with Gasteiger partial charge in [0.15, 0.2) is 5.01 Å². The molecule has 0 amide bonds. The van der Waals surface area contributed by atoms with Crippen LogP contribution in [0.25, 0.3) is 10.6 Å². The lowest BCUT2D eigenvalue weighted by Crippen LogP contribution is -1.97. The Labute approximate surface area is 144 Å². The minimum atomic E-state index is -0.313. The monoisotopic (exact) mass is 426 g/mol. The van der Waals surface area contributed by atoms with Crippen LogP contribution >= 0.6 is 33.9 Å². The second-order valence-electron chi connectivity index (χ2n) is 4.72. The maximum Gasteiger partial charge on any atom is 0.203 e. The van der Waals surface area contributed by atoms with Crippen molar-refractivity contribution in [3.63, 3.8) is 0 Å². The molecule has 0 bridgehead atoms. The van der Waals surface area contributed by atoms with Crippen molar-refractivity contribution in [3.8, 4) is 10.6 Å². The maximum atomic E-state index is 13.6. The molecule has 2 aromatic carbocycles. The van der Waals surface area contributed by atoms with E-state index in [0.717, 1.165) is 20.4 Å². The summed E-state index contributed by atoms with van der Waals surface area (Å²) in [6, 6.07) is 10.6. The number of nitrogen functional groups attached to an aromatic ring is 1. The number of halogens is 2.